The number of nitrogens with zero attached hydrogens (tertiary/aromatic N) is 2. The molecule has 0 radical (unpaired) electrons. The van der Waals surface area contributed by atoms with Crippen molar-refractivity contribution in [3.8, 4) is 5.69 Å². The second-order valence-electron chi connectivity index (χ2n) is 6.04. The summed E-state index contributed by atoms with van der Waals surface area (Å²) in [6.07, 6.45) is 3.65. The number of nitrogens with one attached hydrogen (secondary N) is 2. The Kier molecular flexibility index (Phi) is 6.54. The van der Waals surface area contributed by atoms with Crippen LogP contribution in [0.5, 0.6) is 0 Å². The predicted molar refractivity (Wildman–Crippen MR) is 106 cm³/mol. The van der Waals surface area contributed by atoms with E-state index in [9.17, 15) is 14.0 Å². The highest BCUT2D eigenvalue weighted by Crippen LogP contribution is 2.17. The van der Waals surface area contributed by atoms with Crippen molar-refractivity contribution >= 4 is 27.7 Å². The molecule has 1 heterocycles. The minimum Gasteiger partial charge on any atom is -0.352 e. The van der Waals surface area contributed by atoms with Gasteiger partial charge in [0.25, 0.3) is 5.91 Å². The summed E-state index contributed by atoms with van der Waals surface area (Å²) in [6, 6.07) is 13.5. The Labute approximate surface area is 169 Å². The summed E-state index contributed by atoms with van der Waals surface area (Å²) in [5.74, 6) is -1.14. The number of para-hydroxylation sites is 1. The fourth-order valence-electron chi connectivity index (χ4n) is 2.52. The number of benzene rings is 2. The van der Waals surface area contributed by atoms with E-state index in [1.54, 1.807) is 10.9 Å². The molecule has 0 saturated heterocycles. The molecule has 144 valence electrons. The number of hydrogen-bond donors (Lipinski definition) is 2. The lowest BCUT2D eigenvalue weighted by molar-refractivity contribution is -0.121. The molecule has 3 aromatic rings. The zero-order valence-corrected chi connectivity index (χ0v) is 16.4. The van der Waals surface area contributed by atoms with Crippen molar-refractivity contribution in [2.24, 2.45) is 0 Å². The number of hydrogen-bond acceptors (Lipinski definition) is 3. The van der Waals surface area contributed by atoms with Gasteiger partial charge in [0.2, 0.25) is 5.91 Å². The van der Waals surface area contributed by atoms with Crippen LogP contribution in [0.25, 0.3) is 5.69 Å². The number of aromatic nitrogens is 2. The molecular formula is C20H18BrFN4O2. The van der Waals surface area contributed by atoms with E-state index < -0.39 is 11.7 Å². The minimum atomic E-state index is -0.498. The molecule has 0 spiro atoms. The van der Waals surface area contributed by atoms with Gasteiger partial charge in [-0.25, -0.2) is 9.07 Å². The third-order valence-corrected chi connectivity index (χ3v) is 4.65. The standard InChI is InChI=1S/C20H18BrFN4O2/c21-18-7-6-15(22)10-17(18)20(28)23-9-8-19(27)24-11-14-12-25-26(13-14)16-4-2-1-3-5-16/h1-7,10,12-13H,8-9,11H2,(H,23,28)(H,24,27). The maximum atomic E-state index is 13.3. The fourth-order valence-corrected chi connectivity index (χ4v) is 2.95. The molecule has 0 aliphatic heterocycles. The van der Waals surface area contributed by atoms with E-state index in [-0.39, 0.29) is 24.4 Å². The van der Waals surface area contributed by atoms with Crippen LogP contribution in [0.2, 0.25) is 0 Å². The SMILES string of the molecule is O=C(CCNC(=O)c1cc(F)ccc1Br)NCc1cnn(-c2ccccc2)c1. The first-order chi connectivity index (χ1) is 13.5. The first-order valence-corrected chi connectivity index (χ1v) is 9.41. The van der Waals surface area contributed by atoms with Crippen molar-refractivity contribution < 1.29 is 14.0 Å². The summed E-state index contributed by atoms with van der Waals surface area (Å²) >= 11 is 3.21. The number of amides is 2. The van der Waals surface area contributed by atoms with Crippen molar-refractivity contribution in [3.63, 3.8) is 0 Å². The van der Waals surface area contributed by atoms with Crippen molar-refractivity contribution in [2.75, 3.05) is 6.54 Å². The van der Waals surface area contributed by atoms with Crippen LogP contribution < -0.4 is 10.6 Å². The Bertz CT molecular complexity index is 975. The molecule has 6 nitrogen and oxygen atoms in total. The Hall–Kier alpha value is -3.00. The molecular weight excluding hydrogens is 427 g/mol. The number of carbonyl (C=O) groups is 2. The number of halogens is 2. The summed E-state index contributed by atoms with van der Waals surface area (Å²) in [5, 5.41) is 9.67. The van der Waals surface area contributed by atoms with Gasteiger partial charge in [-0.2, -0.15) is 5.10 Å². The first kappa shape index (κ1) is 19.8. The summed E-state index contributed by atoms with van der Waals surface area (Å²) in [4.78, 5) is 24.0. The molecule has 0 unspecified atom stereocenters. The van der Waals surface area contributed by atoms with Gasteiger partial charge in [-0.1, -0.05) is 18.2 Å². The predicted octanol–water partition coefficient (Wildman–Crippen LogP) is 3.21. The van der Waals surface area contributed by atoms with Gasteiger partial charge in [-0.05, 0) is 46.3 Å². The van der Waals surface area contributed by atoms with Crippen molar-refractivity contribution in [3.05, 3.63) is 82.3 Å². The Morgan fingerprint density at radius 1 is 1.11 bits per heavy atom. The van der Waals surface area contributed by atoms with Gasteiger partial charge in [0, 0.05) is 35.7 Å². The first-order valence-electron chi connectivity index (χ1n) is 8.62. The van der Waals surface area contributed by atoms with Crippen LogP contribution in [-0.2, 0) is 11.3 Å². The molecule has 2 aromatic carbocycles. The fraction of sp³-hybridized carbons (Fsp3) is 0.150. The van der Waals surface area contributed by atoms with E-state index in [0.29, 0.717) is 11.0 Å². The molecule has 28 heavy (non-hydrogen) atoms. The molecule has 0 bridgehead atoms. The van der Waals surface area contributed by atoms with E-state index in [2.05, 4.69) is 31.7 Å². The molecule has 8 heteroatoms. The van der Waals surface area contributed by atoms with Crippen LogP contribution in [0.1, 0.15) is 22.3 Å². The second-order valence-corrected chi connectivity index (χ2v) is 6.89. The van der Waals surface area contributed by atoms with Crippen LogP contribution in [0, 0.1) is 5.82 Å². The van der Waals surface area contributed by atoms with E-state index in [1.807, 2.05) is 36.5 Å². The maximum Gasteiger partial charge on any atom is 0.252 e. The maximum absolute atomic E-state index is 13.3. The van der Waals surface area contributed by atoms with E-state index in [1.165, 1.54) is 12.1 Å². The van der Waals surface area contributed by atoms with Crippen molar-refractivity contribution in [1.29, 1.82) is 0 Å². The topological polar surface area (TPSA) is 76.0 Å². The lowest BCUT2D eigenvalue weighted by atomic mass is 10.2. The Morgan fingerprint density at radius 3 is 2.68 bits per heavy atom. The molecule has 0 aliphatic carbocycles. The second kappa shape index (κ2) is 9.27. The molecule has 3 rings (SSSR count). The van der Waals surface area contributed by atoms with E-state index in [0.717, 1.165) is 17.3 Å². The van der Waals surface area contributed by atoms with Gasteiger partial charge in [0.15, 0.2) is 0 Å². The van der Waals surface area contributed by atoms with Crippen LogP contribution in [0.3, 0.4) is 0 Å². The van der Waals surface area contributed by atoms with Crippen LogP contribution >= 0.6 is 15.9 Å². The van der Waals surface area contributed by atoms with Gasteiger partial charge >= 0.3 is 0 Å². The number of rotatable bonds is 7. The average Bonchev–Trinajstić information content (AvgIpc) is 3.18. The van der Waals surface area contributed by atoms with Gasteiger partial charge in [-0.3, -0.25) is 9.59 Å². The summed E-state index contributed by atoms with van der Waals surface area (Å²) < 4.78 is 15.5. The third-order valence-electron chi connectivity index (χ3n) is 3.96. The third kappa shape index (κ3) is 5.26. The highest BCUT2D eigenvalue weighted by Gasteiger charge is 2.11. The molecule has 0 aliphatic rings. The monoisotopic (exact) mass is 444 g/mol. The highest BCUT2D eigenvalue weighted by atomic mass is 79.9. The molecule has 2 N–H and O–H groups in total. The Morgan fingerprint density at radius 2 is 1.89 bits per heavy atom. The summed E-state index contributed by atoms with van der Waals surface area (Å²) in [7, 11) is 0. The van der Waals surface area contributed by atoms with Gasteiger partial charge in [-0.15, -0.1) is 0 Å². The zero-order valence-electron chi connectivity index (χ0n) is 14.9. The van der Waals surface area contributed by atoms with Crippen LogP contribution in [-0.4, -0.2) is 28.1 Å². The van der Waals surface area contributed by atoms with Crippen molar-refractivity contribution in [2.45, 2.75) is 13.0 Å². The van der Waals surface area contributed by atoms with E-state index in [4.69, 9.17) is 0 Å². The molecule has 2 amide bonds. The molecule has 0 atom stereocenters. The Balaban J connectivity index is 1.43. The quantitative estimate of drug-likeness (QED) is 0.587. The average molecular weight is 445 g/mol. The lowest BCUT2D eigenvalue weighted by Gasteiger charge is -2.07. The molecule has 1 aromatic heterocycles. The van der Waals surface area contributed by atoms with Crippen LogP contribution in [0.4, 0.5) is 4.39 Å². The normalized spacial score (nSPS) is 10.5. The molecule has 0 saturated carbocycles. The number of carbonyl (C=O) groups excluding carboxylic acids is 2. The van der Waals surface area contributed by atoms with Gasteiger partial charge in [0.1, 0.15) is 5.82 Å². The van der Waals surface area contributed by atoms with E-state index >= 15 is 0 Å². The smallest absolute Gasteiger partial charge is 0.252 e. The highest BCUT2D eigenvalue weighted by molar-refractivity contribution is 9.10. The van der Waals surface area contributed by atoms with Crippen LogP contribution in [0.15, 0.2) is 65.4 Å². The van der Waals surface area contributed by atoms with Gasteiger partial charge in [0.05, 0.1) is 17.4 Å². The summed E-state index contributed by atoms with van der Waals surface area (Å²) in [5.41, 5.74) is 1.99. The molecule has 0 fully saturated rings. The summed E-state index contributed by atoms with van der Waals surface area (Å²) in [6.45, 7) is 0.492. The van der Waals surface area contributed by atoms with Crippen molar-refractivity contribution in [1.82, 2.24) is 20.4 Å². The lowest BCUT2D eigenvalue weighted by Crippen LogP contribution is -2.30. The zero-order chi connectivity index (χ0) is 19.9. The largest absolute Gasteiger partial charge is 0.352 e. The van der Waals surface area contributed by atoms with Gasteiger partial charge < -0.3 is 10.6 Å². The minimum absolute atomic E-state index is 0.117.